The fourth-order valence-corrected chi connectivity index (χ4v) is 0. The summed E-state index contributed by atoms with van der Waals surface area (Å²) in [4.78, 5) is 0. The first-order chi connectivity index (χ1) is 2.27. The summed E-state index contributed by atoms with van der Waals surface area (Å²) in [5, 5.41) is 0. The molecule has 0 unspecified atom stereocenters. The molecule has 6 heavy (non-hydrogen) atoms. The Balaban J connectivity index is 0. The van der Waals surface area contributed by atoms with Crippen LogP contribution in [0.4, 0.5) is 0 Å². The van der Waals surface area contributed by atoms with Gasteiger partial charge >= 0.3 is 0 Å². The Hall–Kier alpha value is 0.142. The smallest absolute Gasteiger partial charge is 0 e. The predicted molar refractivity (Wildman–Crippen MR) is 23.7 cm³/mol. The van der Waals surface area contributed by atoms with Crippen molar-refractivity contribution < 1.29 is 20.4 Å². The minimum Gasteiger partial charge on any atom is -0.290 e. The zero-order valence-corrected chi connectivity index (χ0v) is 6.46. The standard InChI is InChI=1S/C5H7.Re/c1-4-5(2)3;/h2,4H,1H2,3H3;/q-1;. The van der Waals surface area contributed by atoms with Crippen LogP contribution in [0.5, 0.6) is 0 Å². The zero-order chi connectivity index (χ0) is 4.28. The molecule has 0 aliphatic heterocycles. The van der Waals surface area contributed by atoms with E-state index < -0.39 is 0 Å². The maximum absolute atomic E-state index is 5.09. The van der Waals surface area contributed by atoms with Gasteiger partial charge in [-0.15, -0.1) is 0 Å². The van der Waals surface area contributed by atoms with Crippen LogP contribution in [0.25, 0.3) is 0 Å². The van der Waals surface area contributed by atoms with E-state index in [0.29, 0.717) is 0 Å². The third kappa shape index (κ3) is 8.91. The molecule has 0 atom stereocenters. The summed E-state index contributed by atoms with van der Waals surface area (Å²) in [5.41, 5.74) is 0.769. The van der Waals surface area contributed by atoms with Gasteiger partial charge in [0.25, 0.3) is 0 Å². The van der Waals surface area contributed by atoms with Crippen molar-refractivity contribution in [1.82, 2.24) is 0 Å². The molecule has 1 heteroatoms. The quantitative estimate of drug-likeness (QED) is 0.491. The monoisotopic (exact) mass is 254 g/mol. The molecular weight excluding hydrogens is 246 g/mol. The van der Waals surface area contributed by atoms with Crippen LogP contribution in [-0.2, 0) is 20.4 Å². The predicted octanol–water partition coefficient (Wildman–Crippen LogP) is 1.55. The normalized spacial score (nSPS) is 5.50. The minimum absolute atomic E-state index is 0. The molecule has 0 aromatic rings. The molecule has 0 amide bonds. The van der Waals surface area contributed by atoms with Gasteiger partial charge in [-0.05, 0) is 0 Å². The van der Waals surface area contributed by atoms with Crippen LogP contribution in [-0.4, -0.2) is 0 Å². The third-order valence-electron chi connectivity index (χ3n) is 0.322. The topological polar surface area (TPSA) is 0 Å². The van der Waals surface area contributed by atoms with Crippen molar-refractivity contribution in [3.05, 3.63) is 24.8 Å². The van der Waals surface area contributed by atoms with Crippen LogP contribution in [0.15, 0.2) is 18.2 Å². The summed E-state index contributed by atoms with van der Waals surface area (Å²) in [7, 11) is 0. The van der Waals surface area contributed by atoms with Gasteiger partial charge in [0.05, 0.1) is 0 Å². The van der Waals surface area contributed by atoms with E-state index in [1.165, 1.54) is 0 Å². The molecule has 0 aromatic heterocycles. The van der Waals surface area contributed by atoms with Crippen molar-refractivity contribution in [2.45, 2.75) is 6.92 Å². The fourth-order valence-electron chi connectivity index (χ4n) is 0. The second kappa shape index (κ2) is 5.14. The molecule has 0 rings (SSSR count). The van der Waals surface area contributed by atoms with E-state index in [4.69, 9.17) is 6.58 Å². The molecule has 0 nitrogen and oxygen atoms in total. The fraction of sp³-hybridized carbons (Fsp3) is 0.200. The number of hydrogen-bond acceptors (Lipinski definition) is 0. The molecule has 35 valence electrons. The average molecular weight is 253 g/mol. The van der Waals surface area contributed by atoms with Gasteiger partial charge in [0.15, 0.2) is 0 Å². The van der Waals surface area contributed by atoms with Crippen molar-refractivity contribution >= 4 is 0 Å². The van der Waals surface area contributed by atoms with Gasteiger partial charge in [-0.1, -0.05) is 6.92 Å². The first kappa shape index (κ1) is 9.47. The molecule has 0 fully saturated rings. The molecule has 0 heterocycles. The molecule has 1 radical (unpaired) electrons. The Labute approximate surface area is 52.6 Å². The molecule has 0 bridgehead atoms. The second-order valence-corrected chi connectivity index (χ2v) is 0.948. The zero-order valence-electron chi connectivity index (χ0n) is 3.74. The molecule has 0 aromatic carbocycles. The van der Waals surface area contributed by atoms with Gasteiger partial charge in [-0.2, -0.15) is 6.58 Å². The minimum atomic E-state index is 0. The maximum Gasteiger partial charge on any atom is 0 e. The molecule has 0 aliphatic rings. The van der Waals surface area contributed by atoms with Gasteiger partial charge in [0, 0.05) is 20.4 Å². The Bertz CT molecular complexity index is 55.0. The molecule has 0 saturated heterocycles. The molecule has 0 N–H and O–H groups in total. The van der Waals surface area contributed by atoms with Gasteiger partial charge in [-0.25, -0.2) is 11.6 Å². The van der Waals surface area contributed by atoms with Crippen molar-refractivity contribution in [3.8, 4) is 0 Å². The Morgan fingerprint density at radius 1 is 1.83 bits per heavy atom. The van der Waals surface area contributed by atoms with E-state index in [2.05, 4.69) is 6.58 Å². The largest absolute Gasteiger partial charge is 0.290 e. The van der Waals surface area contributed by atoms with Crippen LogP contribution in [0.2, 0.25) is 0 Å². The van der Waals surface area contributed by atoms with E-state index in [1.807, 2.05) is 0 Å². The van der Waals surface area contributed by atoms with Crippen molar-refractivity contribution in [1.29, 1.82) is 0 Å². The summed E-state index contributed by atoms with van der Waals surface area (Å²) in [5.74, 6) is 0. The molecule has 0 aliphatic carbocycles. The number of rotatable bonds is 1. The van der Waals surface area contributed by atoms with E-state index in [1.54, 1.807) is 13.0 Å². The van der Waals surface area contributed by atoms with Crippen LogP contribution in [0.3, 0.4) is 0 Å². The Morgan fingerprint density at radius 2 is 2.00 bits per heavy atom. The summed E-state index contributed by atoms with van der Waals surface area (Å²) >= 11 is 0. The summed E-state index contributed by atoms with van der Waals surface area (Å²) in [6.07, 6.45) is 1.61. The SMILES string of the molecule is [CH-]=C(C)C=C.[Re]. The third-order valence-corrected chi connectivity index (χ3v) is 0.322. The first-order valence-electron chi connectivity index (χ1n) is 1.49. The molecule has 0 spiro atoms. The van der Waals surface area contributed by atoms with Crippen LogP contribution >= 0.6 is 0 Å². The van der Waals surface area contributed by atoms with Crippen molar-refractivity contribution in [3.63, 3.8) is 0 Å². The summed E-state index contributed by atoms with van der Waals surface area (Å²) in [6.45, 7) is 10.3. The van der Waals surface area contributed by atoms with Crippen molar-refractivity contribution in [2.24, 2.45) is 0 Å². The van der Waals surface area contributed by atoms with E-state index in [-0.39, 0.29) is 20.4 Å². The van der Waals surface area contributed by atoms with Gasteiger partial charge in [0.2, 0.25) is 0 Å². The maximum atomic E-state index is 5.09. The Morgan fingerprint density at radius 3 is 2.00 bits per heavy atom. The number of allylic oxidation sites excluding steroid dienone is 2. The summed E-state index contributed by atoms with van der Waals surface area (Å²) < 4.78 is 0. The van der Waals surface area contributed by atoms with Crippen LogP contribution < -0.4 is 0 Å². The van der Waals surface area contributed by atoms with Gasteiger partial charge < -0.3 is 0 Å². The van der Waals surface area contributed by atoms with Crippen LogP contribution in [0, 0.1) is 6.58 Å². The molecular formula is C5H7Re-. The van der Waals surface area contributed by atoms with Gasteiger partial charge in [0.1, 0.15) is 0 Å². The van der Waals surface area contributed by atoms with E-state index >= 15 is 0 Å². The number of hydrogen-bond donors (Lipinski definition) is 0. The Kier molecular flexibility index (Phi) is 8.11. The van der Waals surface area contributed by atoms with Crippen LogP contribution in [0.1, 0.15) is 6.92 Å². The van der Waals surface area contributed by atoms with E-state index in [9.17, 15) is 0 Å². The first-order valence-corrected chi connectivity index (χ1v) is 1.49. The van der Waals surface area contributed by atoms with E-state index in [0.717, 1.165) is 5.57 Å². The second-order valence-electron chi connectivity index (χ2n) is 0.948. The summed E-state index contributed by atoms with van der Waals surface area (Å²) in [6, 6.07) is 0. The van der Waals surface area contributed by atoms with Crippen molar-refractivity contribution in [2.75, 3.05) is 0 Å². The average Bonchev–Trinajstić information content (AvgIpc) is 1.38. The van der Waals surface area contributed by atoms with Gasteiger partial charge in [-0.3, -0.25) is 6.58 Å². The molecule has 0 saturated carbocycles.